The first kappa shape index (κ1) is 7.55. The van der Waals surface area contributed by atoms with E-state index in [-0.39, 0.29) is 0 Å². The summed E-state index contributed by atoms with van der Waals surface area (Å²) in [5.41, 5.74) is 0. The normalized spacial score (nSPS) is 10.4. The molecule has 2 aromatic heterocycles. The van der Waals surface area contributed by atoms with E-state index >= 15 is 0 Å². The monoisotopic (exact) mass is 179 g/mol. The molecule has 2 nitrogen and oxygen atoms in total. The van der Waals surface area contributed by atoms with Gasteiger partial charge in [0.25, 0.3) is 0 Å². The van der Waals surface area contributed by atoms with Gasteiger partial charge in [-0.25, -0.2) is 4.98 Å². The van der Waals surface area contributed by atoms with Gasteiger partial charge in [-0.2, -0.15) is 0 Å². The Labute approximate surface area is 74.9 Å². The highest BCUT2D eigenvalue weighted by Gasteiger charge is 2.01. The molecule has 0 bridgehead atoms. The Kier molecular flexibility index (Phi) is 1.96. The average Bonchev–Trinajstić information content (AvgIpc) is 2.63. The molecule has 0 unspecified atom stereocenters. The fourth-order valence-corrected chi connectivity index (χ4v) is 1.74. The van der Waals surface area contributed by atoms with E-state index < -0.39 is 0 Å². The van der Waals surface area contributed by atoms with Gasteiger partial charge in [0.1, 0.15) is 5.76 Å². The Morgan fingerprint density at radius 3 is 3.08 bits per heavy atom. The predicted octanol–water partition coefficient (Wildman–Crippen LogP) is 2.64. The fraction of sp³-hybridized carbons (Fsp3) is 0.222. The molecule has 0 aliphatic rings. The second-order valence-corrected chi connectivity index (χ2v) is 3.65. The molecule has 0 spiro atoms. The van der Waals surface area contributed by atoms with E-state index in [1.807, 2.05) is 13.0 Å². The Balaban J connectivity index is 2.14. The SMILES string of the molecule is Cc1cnc(Cc2cccs2)o1. The van der Waals surface area contributed by atoms with Crippen molar-refractivity contribution < 1.29 is 4.42 Å². The van der Waals surface area contributed by atoms with Crippen molar-refractivity contribution >= 4 is 11.3 Å². The Morgan fingerprint density at radius 1 is 1.58 bits per heavy atom. The lowest BCUT2D eigenvalue weighted by atomic mass is 10.3. The first-order chi connectivity index (χ1) is 5.84. The molecule has 0 fully saturated rings. The summed E-state index contributed by atoms with van der Waals surface area (Å²) >= 11 is 1.73. The number of hydrogen-bond donors (Lipinski definition) is 0. The predicted molar refractivity (Wildman–Crippen MR) is 48.4 cm³/mol. The minimum absolute atomic E-state index is 0.801. The molecule has 0 saturated carbocycles. The van der Waals surface area contributed by atoms with Gasteiger partial charge in [-0.15, -0.1) is 11.3 Å². The molecule has 0 amide bonds. The van der Waals surface area contributed by atoms with Crippen LogP contribution in [-0.2, 0) is 6.42 Å². The van der Waals surface area contributed by atoms with Crippen LogP contribution in [0.2, 0.25) is 0 Å². The fourth-order valence-electron chi connectivity index (χ4n) is 1.05. The molecule has 2 aromatic rings. The van der Waals surface area contributed by atoms with Crippen LogP contribution in [0.4, 0.5) is 0 Å². The molecule has 0 aliphatic carbocycles. The van der Waals surface area contributed by atoms with Crippen molar-refractivity contribution in [3.05, 3.63) is 40.2 Å². The molecule has 0 aliphatic heterocycles. The van der Waals surface area contributed by atoms with Crippen molar-refractivity contribution in [1.29, 1.82) is 0 Å². The lowest BCUT2D eigenvalue weighted by Gasteiger charge is -1.89. The van der Waals surface area contributed by atoms with Crippen LogP contribution in [0, 0.1) is 6.92 Å². The van der Waals surface area contributed by atoms with Gasteiger partial charge in [0, 0.05) is 4.88 Å². The van der Waals surface area contributed by atoms with Crippen LogP contribution < -0.4 is 0 Å². The summed E-state index contributed by atoms with van der Waals surface area (Å²) in [6.07, 6.45) is 2.56. The molecule has 2 rings (SSSR count). The number of oxazole rings is 1. The highest BCUT2D eigenvalue weighted by Crippen LogP contribution is 2.14. The maximum Gasteiger partial charge on any atom is 0.199 e. The van der Waals surface area contributed by atoms with Gasteiger partial charge in [-0.1, -0.05) is 6.07 Å². The van der Waals surface area contributed by atoms with E-state index in [0.29, 0.717) is 0 Å². The maximum atomic E-state index is 5.35. The van der Waals surface area contributed by atoms with E-state index in [0.717, 1.165) is 18.1 Å². The Bertz CT molecular complexity index is 350. The van der Waals surface area contributed by atoms with E-state index in [1.54, 1.807) is 17.5 Å². The first-order valence-electron chi connectivity index (χ1n) is 3.78. The van der Waals surface area contributed by atoms with Crippen molar-refractivity contribution in [2.75, 3.05) is 0 Å². The minimum Gasteiger partial charge on any atom is -0.446 e. The van der Waals surface area contributed by atoms with E-state index in [2.05, 4.69) is 16.4 Å². The minimum atomic E-state index is 0.801. The topological polar surface area (TPSA) is 26.0 Å². The zero-order chi connectivity index (χ0) is 8.39. The van der Waals surface area contributed by atoms with Crippen LogP contribution >= 0.6 is 11.3 Å². The van der Waals surface area contributed by atoms with Gasteiger partial charge in [-0.3, -0.25) is 0 Å². The third-order valence-corrected chi connectivity index (χ3v) is 2.45. The van der Waals surface area contributed by atoms with Crippen molar-refractivity contribution in [1.82, 2.24) is 4.98 Å². The summed E-state index contributed by atoms with van der Waals surface area (Å²) in [6, 6.07) is 4.12. The maximum absolute atomic E-state index is 5.35. The highest BCUT2D eigenvalue weighted by molar-refractivity contribution is 7.09. The zero-order valence-corrected chi connectivity index (χ0v) is 7.60. The van der Waals surface area contributed by atoms with Crippen LogP contribution in [0.5, 0.6) is 0 Å². The van der Waals surface area contributed by atoms with Gasteiger partial charge in [0.05, 0.1) is 12.6 Å². The van der Waals surface area contributed by atoms with E-state index in [9.17, 15) is 0 Å². The van der Waals surface area contributed by atoms with Crippen molar-refractivity contribution in [3.63, 3.8) is 0 Å². The Morgan fingerprint density at radius 2 is 2.50 bits per heavy atom. The molecule has 0 N–H and O–H groups in total. The molecule has 0 saturated heterocycles. The number of nitrogens with zero attached hydrogens (tertiary/aromatic N) is 1. The number of rotatable bonds is 2. The van der Waals surface area contributed by atoms with Crippen LogP contribution in [0.3, 0.4) is 0 Å². The van der Waals surface area contributed by atoms with Crippen molar-refractivity contribution in [2.24, 2.45) is 0 Å². The largest absolute Gasteiger partial charge is 0.446 e. The summed E-state index contributed by atoms with van der Waals surface area (Å²) in [6.45, 7) is 1.91. The van der Waals surface area contributed by atoms with Crippen LogP contribution in [0.15, 0.2) is 28.1 Å². The summed E-state index contributed by atoms with van der Waals surface area (Å²) < 4.78 is 5.35. The average molecular weight is 179 g/mol. The molecule has 0 aromatic carbocycles. The van der Waals surface area contributed by atoms with Gasteiger partial charge in [-0.05, 0) is 18.4 Å². The van der Waals surface area contributed by atoms with Crippen LogP contribution in [0.1, 0.15) is 16.5 Å². The summed E-state index contributed by atoms with van der Waals surface area (Å²) in [4.78, 5) is 5.42. The number of aromatic nitrogens is 1. The van der Waals surface area contributed by atoms with Crippen molar-refractivity contribution in [3.8, 4) is 0 Å². The van der Waals surface area contributed by atoms with Crippen molar-refractivity contribution in [2.45, 2.75) is 13.3 Å². The molecule has 3 heteroatoms. The zero-order valence-electron chi connectivity index (χ0n) is 6.78. The lowest BCUT2D eigenvalue weighted by Crippen LogP contribution is -1.82. The summed E-state index contributed by atoms with van der Waals surface area (Å²) in [7, 11) is 0. The van der Waals surface area contributed by atoms with Gasteiger partial charge >= 0.3 is 0 Å². The molecular formula is C9H9NOS. The van der Waals surface area contributed by atoms with Gasteiger partial charge in [0.2, 0.25) is 0 Å². The molecule has 62 valence electrons. The van der Waals surface area contributed by atoms with Gasteiger partial charge < -0.3 is 4.42 Å². The van der Waals surface area contributed by atoms with Crippen LogP contribution in [0.25, 0.3) is 0 Å². The lowest BCUT2D eigenvalue weighted by molar-refractivity contribution is 0.482. The molecule has 2 heterocycles. The first-order valence-corrected chi connectivity index (χ1v) is 4.66. The van der Waals surface area contributed by atoms with E-state index in [4.69, 9.17) is 4.42 Å². The third-order valence-electron chi connectivity index (χ3n) is 1.57. The second kappa shape index (κ2) is 3.11. The second-order valence-electron chi connectivity index (χ2n) is 2.62. The van der Waals surface area contributed by atoms with Gasteiger partial charge in [0.15, 0.2) is 5.89 Å². The quantitative estimate of drug-likeness (QED) is 0.708. The molecular weight excluding hydrogens is 170 g/mol. The molecule has 0 radical (unpaired) electrons. The standard InChI is InChI=1S/C9H9NOS/c1-7-6-10-9(11-7)5-8-3-2-4-12-8/h2-4,6H,5H2,1H3. The number of aryl methyl sites for hydroxylation is 1. The molecule has 12 heavy (non-hydrogen) atoms. The summed E-state index contributed by atoms with van der Waals surface area (Å²) in [5.74, 6) is 1.68. The molecule has 0 atom stereocenters. The Hall–Kier alpha value is -1.09. The number of thiophene rings is 1. The highest BCUT2D eigenvalue weighted by atomic mass is 32.1. The van der Waals surface area contributed by atoms with E-state index in [1.165, 1.54) is 4.88 Å². The number of hydrogen-bond acceptors (Lipinski definition) is 3. The third kappa shape index (κ3) is 1.56. The summed E-state index contributed by atoms with van der Waals surface area (Å²) in [5, 5.41) is 2.06. The smallest absolute Gasteiger partial charge is 0.199 e. The van der Waals surface area contributed by atoms with Crippen LogP contribution in [-0.4, -0.2) is 4.98 Å².